The first-order chi connectivity index (χ1) is 15.4. The Kier molecular flexibility index (Phi) is 3.86. The largest absolute Gasteiger partial charge is 0.460 e. The summed E-state index contributed by atoms with van der Waals surface area (Å²) in [6, 6.07) is 10.9. The van der Waals surface area contributed by atoms with E-state index in [1.807, 2.05) is 0 Å². The summed E-state index contributed by atoms with van der Waals surface area (Å²) in [7, 11) is 0. The van der Waals surface area contributed by atoms with Gasteiger partial charge in [-0.25, -0.2) is 13.6 Å². The number of hydrogen-bond acceptors (Lipinski definition) is 4. The van der Waals surface area contributed by atoms with Crippen molar-refractivity contribution < 1.29 is 27.9 Å². The van der Waals surface area contributed by atoms with Crippen molar-refractivity contribution in [1.82, 2.24) is 10.2 Å². The molecule has 3 amide bonds. The molecule has 0 aromatic heterocycles. The van der Waals surface area contributed by atoms with Crippen LogP contribution in [0.4, 0.5) is 13.6 Å². The zero-order chi connectivity index (χ0) is 22.3. The van der Waals surface area contributed by atoms with Gasteiger partial charge in [-0.05, 0) is 60.1 Å². The number of ether oxygens (including phenoxy) is 1. The maximum Gasteiger partial charge on any atom is 0.325 e. The summed E-state index contributed by atoms with van der Waals surface area (Å²) < 4.78 is 31.8. The van der Waals surface area contributed by atoms with Crippen LogP contribution < -0.4 is 5.32 Å². The first-order valence-corrected chi connectivity index (χ1v) is 10.7. The van der Waals surface area contributed by atoms with E-state index in [9.17, 15) is 23.2 Å². The zero-order valence-corrected chi connectivity index (χ0v) is 17.0. The van der Waals surface area contributed by atoms with Crippen LogP contribution in [0.15, 0.2) is 48.5 Å². The molecule has 4 saturated carbocycles. The van der Waals surface area contributed by atoms with E-state index in [4.69, 9.17) is 4.74 Å². The highest BCUT2D eigenvalue weighted by Gasteiger charge is 2.91. The Labute approximate surface area is 182 Å². The molecule has 6 nitrogen and oxygen atoms in total. The van der Waals surface area contributed by atoms with Gasteiger partial charge in [0.05, 0.1) is 12.0 Å². The van der Waals surface area contributed by atoms with Gasteiger partial charge in [-0.3, -0.25) is 14.5 Å². The van der Waals surface area contributed by atoms with Crippen LogP contribution in [0.2, 0.25) is 0 Å². The maximum absolute atomic E-state index is 13.4. The van der Waals surface area contributed by atoms with Crippen molar-refractivity contribution in [1.29, 1.82) is 0 Å². The zero-order valence-electron chi connectivity index (χ0n) is 17.0. The minimum atomic E-state index is -1.06. The predicted molar refractivity (Wildman–Crippen MR) is 107 cm³/mol. The van der Waals surface area contributed by atoms with Gasteiger partial charge in [0.15, 0.2) is 0 Å². The topological polar surface area (TPSA) is 75.7 Å². The number of nitrogens with one attached hydrogen (secondary N) is 1. The van der Waals surface area contributed by atoms with E-state index in [0.717, 1.165) is 0 Å². The first kappa shape index (κ1) is 19.4. The number of carbonyl (C=O) groups excluding carboxylic acids is 3. The van der Waals surface area contributed by atoms with E-state index in [2.05, 4.69) is 5.32 Å². The van der Waals surface area contributed by atoms with Crippen molar-refractivity contribution in [3.05, 3.63) is 71.3 Å². The second kappa shape index (κ2) is 6.37. The number of esters is 1. The number of rotatable bonds is 5. The monoisotopic (exact) mass is 438 g/mol. The summed E-state index contributed by atoms with van der Waals surface area (Å²) in [4.78, 5) is 40.4. The molecule has 8 heteroatoms. The van der Waals surface area contributed by atoms with Crippen molar-refractivity contribution in [3.8, 4) is 0 Å². The SMILES string of the molecule is O=C1NC2(C(=O)N1Cc1ccc(F)cc1)[C@@H]1C[C@@H]3[C@H]2[C@@]3(C(=O)OCc2ccc(F)cc2)C1. The molecule has 1 saturated heterocycles. The fourth-order valence-electron chi connectivity index (χ4n) is 6.51. The van der Waals surface area contributed by atoms with E-state index in [1.54, 1.807) is 24.3 Å². The average Bonchev–Trinajstić information content (AvgIpc) is 3.09. The van der Waals surface area contributed by atoms with Crippen LogP contribution in [-0.4, -0.2) is 28.3 Å². The van der Waals surface area contributed by atoms with Crippen molar-refractivity contribution in [2.45, 2.75) is 31.5 Å². The molecule has 1 spiro atoms. The molecule has 2 aromatic rings. The standard InChI is InChI=1S/C24H20F2N2O4/c25-16-5-1-13(2-6-16)11-28-20(29)24(27-22(28)31)15-9-18-19(24)23(18,10-15)21(30)32-12-14-3-7-17(26)8-4-14/h1-8,15,18-19H,9-12H2,(H,27,31)/t15-,18-,19+,23-,24?/m1/s1. The molecule has 2 aromatic carbocycles. The molecule has 5 aliphatic rings. The molecular weight excluding hydrogens is 418 g/mol. The molecule has 1 aliphatic heterocycles. The van der Waals surface area contributed by atoms with Crippen LogP contribution in [0.5, 0.6) is 0 Å². The highest BCUT2D eigenvalue weighted by atomic mass is 19.1. The number of amides is 3. The molecule has 4 aliphatic carbocycles. The van der Waals surface area contributed by atoms with Crippen LogP contribution in [-0.2, 0) is 27.5 Å². The molecule has 1 N–H and O–H groups in total. The number of nitrogens with zero attached hydrogens (tertiary/aromatic N) is 1. The summed E-state index contributed by atoms with van der Waals surface area (Å²) in [5, 5.41) is 2.92. The molecule has 32 heavy (non-hydrogen) atoms. The summed E-state index contributed by atoms with van der Waals surface area (Å²) in [6.45, 7) is 0.0911. The average molecular weight is 438 g/mol. The van der Waals surface area contributed by atoms with Gasteiger partial charge >= 0.3 is 12.0 Å². The number of imide groups is 1. The van der Waals surface area contributed by atoms with E-state index >= 15 is 0 Å². The van der Waals surface area contributed by atoms with E-state index in [-0.39, 0.29) is 54.4 Å². The summed E-state index contributed by atoms with van der Waals surface area (Å²) in [5.74, 6) is -1.77. The molecule has 0 radical (unpaired) electrons. The molecule has 1 heterocycles. The third kappa shape index (κ3) is 2.40. The lowest BCUT2D eigenvalue weighted by Gasteiger charge is -2.25. The molecular formula is C24H20F2N2O4. The highest BCUT2D eigenvalue weighted by molar-refractivity contribution is 6.09. The first-order valence-electron chi connectivity index (χ1n) is 10.7. The van der Waals surface area contributed by atoms with Crippen LogP contribution >= 0.6 is 0 Å². The molecule has 7 rings (SSSR count). The molecule has 5 atom stereocenters. The smallest absolute Gasteiger partial charge is 0.325 e. The van der Waals surface area contributed by atoms with Crippen LogP contribution in [0.3, 0.4) is 0 Å². The normalized spacial score (nSPS) is 33.7. The van der Waals surface area contributed by atoms with Gasteiger partial charge in [0.2, 0.25) is 0 Å². The minimum absolute atomic E-state index is 0.0169. The lowest BCUT2D eigenvalue weighted by atomic mass is 9.88. The molecule has 1 unspecified atom stereocenters. The fraction of sp³-hybridized carbons (Fsp3) is 0.375. The molecule has 5 fully saturated rings. The van der Waals surface area contributed by atoms with E-state index < -0.39 is 17.0 Å². The number of urea groups is 1. The Morgan fingerprint density at radius 1 is 1.03 bits per heavy atom. The number of hydrogen-bond donors (Lipinski definition) is 1. The van der Waals surface area contributed by atoms with Gasteiger partial charge in [0.25, 0.3) is 5.91 Å². The van der Waals surface area contributed by atoms with Crippen molar-refractivity contribution in [2.24, 2.45) is 23.2 Å². The Balaban J connectivity index is 1.20. The maximum atomic E-state index is 13.4. The number of benzene rings is 2. The van der Waals surface area contributed by atoms with Gasteiger partial charge in [-0.2, -0.15) is 0 Å². The van der Waals surface area contributed by atoms with Crippen molar-refractivity contribution in [2.75, 3.05) is 0 Å². The second-order valence-electron chi connectivity index (χ2n) is 9.28. The molecule has 4 bridgehead atoms. The Hall–Kier alpha value is -3.29. The number of carbonyl (C=O) groups is 3. The van der Waals surface area contributed by atoms with Gasteiger partial charge in [0.1, 0.15) is 23.8 Å². The Bertz CT molecular complexity index is 1150. The van der Waals surface area contributed by atoms with Crippen LogP contribution in [0.1, 0.15) is 24.0 Å². The predicted octanol–water partition coefficient (Wildman–Crippen LogP) is 3.15. The summed E-state index contributed by atoms with van der Waals surface area (Å²) >= 11 is 0. The van der Waals surface area contributed by atoms with E-state index in [1.165, 1.54) is 29.2 Å². The lowest BCUT2D eigenvalue weighted by Crippen LogP contribution is -2.50. The summed E-state index contributed by atoms with van der Waals surface area (Å²) in [6.07, 6.45) is 1.22. The third-order valence-electron chi connectivity index (χ3n) is 7.84. The Morgan fingerprint density at radius 3 is 2.28 bits per heavy atom. The van der Waals surface area contributed by atoms with Gasteiger partial charge in [0, 0.05) is 5.92 Å². The van der Waals surface area contributed by atoms with Gasteiger partial charge < -0.3 is 10.1 Å². The molecule has 164 valence electrons. The van der Waals surface area contributed by atoms with Crippen molar-refractivity contribution in [3.63, 3.8) is 0 Å². The summed E-state index contributed by atoms with van der Waals surface area (Å²) in [5.41, 5.74) is -0.460. The second-order valence-corrected chi connectivity index (χ2v) is 9.28. The fourth-order valence-corrected chi connectivity index (χ4v) is 6.51. The highest BCUT2D eigenvalue weighted by Crippen LogP contribution is 2.83. The van der Waals surface area contributed by atoms with Gasteiger partial charge in [-0.1, -0.05) is 24.3 Å². The van der Waals surface area contributed by atoms with Crippen LogP contribution in [0, 0.1) is 34.8 Å². The Morgan fingerprint density at radius 2 is 1.66 bits per heavy atom. The third-order valence-corrected chi connectivity index (χ3v) is 7.84. The van der Waals surface area contributed by atoms with Crippen LogP contribution in [0.25, 0.3) is 0 Å². The lowest BCUT2D eigenvalue weighted by molar-refractivity contribution is -0.152. The van der Waals surface area contributed by atoms with E-state index in [0.29, 0.717) is 24.0 Å². The van der Waals surface area contributed by atoms with Gasteiger partial charge in [-0.15, -0.1) is 0 Å². The number of halogens is 2. The van der Waals surface area contributed by atoms with Crippen molar-refractivity contribution >= 4 is 17.9 Å². The quantitative estimate of drug-likeness (QED) is 0.575. The minimum Gasteiger partial charge on any atom is -0.460 e.